The summed E-state index contributed by atoms with van der Waals surface area (Å²) in [5, 5.41) is 10.5. The molecule has 0 saturated carbocycles. The van der Waals surface area contributed by atoms with Crippen molar-refractivity contribution in [2.75, 3.05) is 39.6 Å². The predicted molar refractivity (Wildman–Crippen MR) is 359 cm³/mol. The molecule has 528 valence electrons. The fourth-order valence-electron chi connectivity index (χ4n) is 10.7. The number of hydrogen-bond donors (Lipinski definition) is 3. The molecule has 0 aromatic heterocycles. The number of carbonyl (C=O) groups is 4. The Morgan fingerprint density at radius 3 is 0.663 bits per heavy atom. The van der Waals surface area contributed by atoms with Gasteiger partial charge < -0.3 is 33.8 Å². The zero-order valence-corrected chi connectivity index (χ0v) is 59.2. The van der Waals surface area contributed by atoms with Crippen molar-refractivity contribution < 1.29 is 80.2 Å². The molecule has 19 heteroatoms. The minimum atomic E-state index is -4.95. The molecule has 0 aromatic carbocycles. The Kier molecular flexibility index (Phi) is 63.3. The first-order chi connectivity index (χ1) is 43.2. The van der Waals surface area contributed by atoms with E-state index in [9.17, 15) is 43.2 Å². The second kappa shape index (κ2) is 64.8. The Morgan fingerprint density at radius 1 is 0.270 bits per heavy atom. The maximum Gasteiger partial charge on any atom is 0.472 e. The highest BCUT2D eigenvalue weighted by atomic mass is 31.2. The van der Waals surface area contributed by atoms with E-state index in [1.54, 1.807) is 0 Å². The van der Waals surface area contributed by atoms with Crippen LogP contribution in [0.3, 0.4) is 0 Å². The highest BCUT2D eigenvalue weighted by Crippen LogP contribution is 2.45. The lowest BCUT2D eigenvalue weighted by Crippen LogP contribution is -2.30. The van der Waals surface area contributed by atoms with Crippen molar-refractivity contribution in [1.29, 1.82) is 0 Å². The largest absolute Gasteiger partial charge is 0.472 e. The van der Waals surface area contributed by atoms with Gasteiger partial charge in [0, 0.05) is 25.7 Å². The number of phosphoric ester groups is 2. The maximum atomic E-state index is 13.0. The summed E-state index contributed by atoms with van der Waals surface area (Å²) in [7, 11) is -9.88. The number of ether oxygens (including phenoxy) is 4. The Morgan fingerprint density at radius 2 is 0.449 bits per heavy atom. The third-order valence-electron chi connectivity index (χ3n) is 16.4. The van der Waals surface area contributed by atoms with Gasteiger partial charge in [0.25, 0.3) is 0 Å². The highest BCUT2D eigenvalue weighted by molar-refractivity contribution is 7.47. The van der Waals surface area contributed by atoms with Crippen LogP contribution >= 0.6 is 15.6 Å². The summed E-state index contributed by atoms with van der Waals surface area (Å²) in [6, 6.07) is 0. The normalized spacial score (nSPS) is 14.0. The number of hydrogen-bond acceptors (Lipinski definition) is 15. The molecular weight excluding hydrogens is 1170 g/mol. The van der Waals surface area contributed by atoms with Crippen molar-refractivity contribution in [3.63, 3.8) is 0 Å². The van der Waals surface area contributed by atoms with E-state index >= 15 is 0 Å². The average molecular weight is 1310 g/mol. The van der Waals surface area contributed by atoms with Crippen molar-refractivity contribution in [2.45, 2.75) is 386 Å². The van der Waals surface area contributed by atoms with Crippen molar-refractivity contribution in [1.82, 2.24) is 0 Å². The monoisotopic (exact) mass is 1310 g/mol. The SMILES string of the molecule is CCCCCCCCCCCCCCCCCCCCCC(=O)O[C@H](COC(=O)CCCCCCCCCCCCCCCCCCCC)COP(=O)(O)OC[C@@H](O)COP(=O)(O)OC[C@@H](COC(=O)CCCCCCC)OC(=O)CCCCCCCCC. The number of rotatable bonds is 71. The number of aliphatic hydroxyl groups is 1. The van der Waals surface area contributed by atoms with Crippen LogP contribution in [-0.4, -0.2) is 96.7 Å². The van der Waals surface area contributed by atoms with Gasteiger partial charge in [-0.1, -0.05) is 317 Å². The van der Waals surface area contributed by atoms with Gasteiger partial charge >= 0.3 is 39.5 Å². The molecule has 0 aliphatic rings. The lowest BCUT2D eigenvalue weighted by molar-refractivity contribution is -0.161. The second-order valence-corrected chi connectivity index (χ2v) is 28.2. The van der Waals surface area contributed by atoms with Crippen molar-refractivity contribution in [3.8, 4) is 0 Å². The molecule has 0 bridgehead atoms. The van der Waals surface area contributed by atoms with E-state index < -0.39 is 97.5 Å². The summed E-state index contributed by atoms with van der Waals surface area (Å²) < 4.78 is 67.9. The molecular formula is C70H136O17P2. The number of esters is 4. The van der Waals surface area contributed by atoms with Gasteiger partial charge in [0.15, 0.2) is 12.2 Å². The molecule has 5 atom stereocenters. The van der Waals surface area contributed by atoms with Gasteiger partial charge in [0.2, 0.25) is 0 Å². The summed E-state index contributed by atoms with van der Waals surface area (Å²) in [5.74, 6) is -2.14. The van der Waals surface area contributed by atoms with Crippen LogP contribution in [0.5, 0.6) is 0 Å². The maximum absolute atomic E-state index is 13.0. The number of unbranched alkanes of at least 4 members (excludes halogenated alkanes) is 45. The summed E-state index contributed by atoms with van der Waals surface area (Å²) in [6.45, 7) is 4.81. The second-order valence-electron chi connectivity index (χ2n) is 25.3. The first-order valence-corrected chi connectivity index (χ1v) is 39.8. The van der Waals surface area contributed by atoms with E-state index in [1.165, 1.54) is 180 Å². The van der Waals surface area contributed by atoms with E-state index in [0.717, 1.165) is 109 Å². The first kappa shape index (κ1) is 87.1. The van der Waals surface area contributed by atoms with Crippen LogP contribution in [0.4, 0.5) is 0 Å². The highest BCUT2D eigenvalue weighted by Gasteiger charge is 2.30. The molecule has 3 N–H and O–H groups in total. The predicted octanol–water partition coefficient (Wildman–Crippen LogP) is 20.3. The zero-order chi connectivity index (χ0) is 65.4. The van der Waals surface area contributed by atoms with Gasteiger partial charge in [-0.25, -0.2) is 9.13 Å². The van der Waals surface area contributed by atoms with Crippen LogP contribution in [0, 0.1) is 0 Å². The third kappa shape index (κ3) is 64.6. The molecule has 17 nitrogen and oxygen atoms in total. The standard InChI is InChI=1S/C70H136O17P2/c1-5-9-13-17-20-22-24-26-28-30-32-34-36-38-40-42-45-49-53-57-70(75)87-66(61-81-68(73)55-51-47-44-41-39-37-35-33-31-29-27-25-23-21-18-14-10-6-2)63-85-89(78,79)83-59-64(71)58-82-88(76,77)84-62-65(60-80-67(72)54-50-46-16-12-8-4)86-69(74)56-52-48-43-19-15-11-7-3/h64-66,71H,5-63H2,1-4H3,(H,76,77)(H,78,79)/t64-,65+,66+/m0/s1. The van der Waals surface area contributed by atoms with Gasteiger partial charge in [0.1, 0.15) is 19.3 Å². The minimum absolute atomic E-state index is 0.103. The van der Waals surface area contributed by atoms with E-state index in [2.05, 4.69) is 27.7 Å². The van der Waals surface area contributed by atoms with Crippen molar-refractivity contribution in [3.05, 3.63) is 0 Å². The van der Waals surface area contributed by atoms with Crippen LogP contribution in [0.1, 0.15) is 368 Å². The van der Waals surface area contributed by atoms with Crippen LogP contribution in [0.2, 0.25) is 0 Å². The van der Waals surface area contributed by atoms with Crippen molar-refractivity contribution in [2.24, 2.45) is 0 Å². The van der Waals surface area contributed by atoms with E-state index in [-0.39, 0.29) is 25.7 Å². The smallest absolute Gasteiger partial charge is 0.462 e. The van der Waals surface area contributed by atoms with Crippen LogP contribution in [-0.2, 0) is 65.4 Å². The van der Waals surface area contributed by atoms with Gasteiger partial charge in [-0.05, 0) is 25.7 Å². The van der Waals surface area contributed by atoms with Gasteiger partial charge in [-0.2, -0.15) is 0 Å². The molecule has 0 saturated heterocycles. The fraction of sp³-hybridized carbons (Fsp3) is 0.943. The van der Waals surface area contributed by atoms with Crippen molar-refractivity contribution >= 4 is 39.5 Å². The first-order valence-electron chi connectivity index (χ1n) is 36.8. The third-order valence-corrected chi connectivity index (χ3v) is 18.3. The molecule has 2 unspecified atom stereocenters. The summed E-state index contributed by atoms with van der Waals surface area (Å²) >= 11 is 0. The number of carbonyl (C=O) groups excluding carboxylic acids is 4. The Bertz CT molecular complexity index is 1710. The molecule has 0 heterocycles. The topological polar surface area (TPSA) is 237 Å². The van der Waals surface area contributed by atoms with Gasteiger partial charge in [-0.3, -0.25) is 37.3 Å². The Balaban J connectivity index is 5.09. The zero-order valence-electron chi connectivity index (χ0n) is 57.4. The molecule has 0 aromatic rings. The lowest BCUT2D eigenvalue weighted by Gasteiger charge is -2.21. The summed E-state index contributed by atoms with van der Waals surface area (Å²) in [4.78, 5) is 72.1. The average Bonchev–Trinajstić information content (AvgIpc) is 3.73. The molecule has 0 rings (SSSR count). The van der Waals surface area contributed by atoms with E-state index in [1.807, 2.05) is 0 Å². The quantitative estimate of drug-likeness (QED) is 0.0222. The molecule has 0 spiro atoms. The molecule has 0 aliphatic heterocycles. The minimum Gasteiger partial charge on any atom is -0.462 e. The molecule has 0 fully saturated rings. The molecule has 0 amide bonds. The summed E-state index contributed by atoms with van der Waals surface area (Å²) in [6.07, 6.45) is 53.5. The molecule has 89 heavy (non-hydrogen) atoms. The van der Waals surface area contributed by atoms with E-state index in [0.29, 0.717) is 25.7 Å². The summed E-state index contributed by atoms with van der Waals surface area (Å²) in [5.41, 5.74) is 0. The number of phosphoric acid groups is 2. The molecule has 0 radical (unpaired) electrons. The van der Waals surface area contributed by atoms with Gasteiger partial charge in [-0.15, -0.1) is 0 Å². The van der Waals surface area contributed by atoms with Crippen LogP contribution in [0.25, 0.3) is 0 Å². The molecule has 0 aliphatic carbocycles. The van der Waals surface area contributed by atoms with Crippen LogP contribution in [0.15, 0.2) is 0 Å². The number of aliphatic hydroxyl groups excluding tert-OH is 1. The fourth-order valence-corrected chi connectivity index (χ4v) is 12.3. The van der Waals surface area contributed by atoms with Crippen LogP contribution < -0.4 is 0 Å². The lowest BCUT2D eigenvalue weighted by atomic mass is 10.0. The van der Waals surface area contributed by atoms with Gasteiger partial charge in [0.05, 0.1) is 26.4 Å². The Hall–Kier alpha value is -1.94. The Labute approximate surface area is 543 Å². The van der Waals surface area contributed by atoms with E-state index in [4.69, 9.17) is 37.0 Å².